The van der Waals surface area contributed by atoms with Gasteiger partial charge in [-0.2, -0.15) is 5.06 Å². The van der Waals surface area contributed by atoms with E-state index in [1.165, 1.54) is 5.06 Å². The van der Waals surface area contributed by atoms with Gasteiger partial charge < -0.3 is 20.1 Å². The highest BCUT2D eigenvalue weighted by atomic mass is 31.2. The van der Waals surface area contributed by atoms with Crippen molar-refractivity contribution in [3.63, 3.8) is 0 Å². The van der Waals surface area contributed by atoms with E-state index in [4.69, 9.17) is 19.6 Å². The van der Waals surface area contributed by atoms with Crippen LogP contribution in [0.1, 0.15) is 0 Å². The number of hydroxylamine groups is 2. The molecule has 0 spiro atoms. The molecule has 0 bridgehead atoms. The molecule has 0 aromatic heterocycles. The van der Waals surface area contributed by atoms with Gasteiger partial charge in [0.15, 0.2) is 0 Å². The Morgan fingerprint density at radius 2 is 1.93 bits per heavy atom. The topological polar surface area (TPSA) is 111 Å². The van der Waals surface area contributed by atoms with Crippen molar-refractivity contribution >= 4 is 15.1 Å². The summed E-state index contributed by atoms with van der Waals surface area (Å²) in [4.78, 5) is 16.7. The number of hydrogen-bond donors (Lipinski definition) is 4. The third-order valence-corrected chi connectivity index (χ3v) is 2.00. The molecule has 1 aliphatic rings. The molecule has 1 aliphatic heterocycles. The molecule has 0 aromatic rings. The minimum Gasteiger partial charge on any atom is -0.400 e. The van der Waals surface area contributed by atoms with Crippen LogP contribution < -0.4 is 5.32 Å². The number of phosphoric acid groups is 1. The van der Waals surface area contributed by atoms with Gasteiger partial charge >= 0.3 is 15.1 Å². The normalized spacial score (nSPS) is 19.6. The van der Waals surface area contributed by atoms with Crippen molar-refractivity contribution in [2.24, 2.45) is 0 Å². The van der Waals surface area contributed by atoms with Gasteiger partial charge in [0.25, 0.3) is 0 Å². The van der Waals surface area contributed by atoms with E-state index < -0.39 is 15.1 Å². The molecule has 0 atom stereocenters. The average Bonchev–Trinajstić information content (AvgIpc) is 2.02. The Morgan fingerprint density at radius 3 is 2.43 bits per heavy atom. The molecule has 0 radical (unpaired) electrons. The van der Waals surface area contributed by atoms with Crippen molar-refractivity contribution < 1.29 is 28.6 Å². The van der Waals surface area contributed by atoms with E-state index in [1.54, 1.807) is 0 Å². The van der Waals surface area contributed by atoms with Gasteiger partial charge in [-0.25, -0.2) is 4.57 Å². The highest BCUT2D eigenvalue weighted by Gasteiger charge is 2.30. The molecular formula is C4H12BN2O6P. The molecule has 82 valence electrons. The third-order valence-electron chi connectivity index (χ3n) is 1.54. The first-order valence-corrected chi connectivity index (χ1v) is 5.55. The number of hydrogen-bond acceptors (Lipinski definition) is 6. The second-order valence-electron chi connectivity index (χ2n) is 2.69. The molecule has 14 heavy (non-hydrogen) atoms. The van der Waals surface area contributed by atoms with Crippen LogP contribution in [0.5, 0.6) is 0 Å². The molecule has 1 saturated heterocycles. The summed E-state index contributed by atoms with van der Waals surface area (Å²) in [6, 6.07) is 0. The number of piperazine rings is 1. The summed E-state index contributed by atoms with van der Waals surface area (Å²) in [5, 5.41) is 13.3. The quantitative estimate of drug-likeness (QED) is 0.319. The van der Waals surface area contributed by atoms with Crippen molar-refractivity contribution in [3.05, 3.63) is 0 Å². The van der Waals surface area contributed by atoms with Crippen LogP contribution in [0.4, 0.5) is 0 Å². The number of nitrogens with one attached hydrogen (secondary N) is 1. The zero-order valence-electron chi connectivity index (χ0n) is 7.37. The van der Waals surface area contributed by atoms with Crippen molar-refractivity contribution in [1.29, 1.82) is 0 Å². The Bertz CT molecular complexity index is 218. The Kier molecular flexibility index (Phi) is 4.49. The SMILES string of the molecule is O=P(O)(O)OB(O)ON1CCNCC1. The van der Waals surface area contributed by atoms with Gasteiger partial charge in [0.1, 0.15) is 0 Å². The molecule has 8 nitrogen and oxygen atoms in total. The predicted molar refractivity (Wildman–Crippen MR) is 46.6 cm³/mol. The van der Waals surface area contributed by atoms with Crippen LogP contribution in [0.15, 0.2) is 0 Å². The molecule has 1 fully saturated rings. The average molecular weight is 226 g/mol. The first-order valence-electron chi connectivity index (χ1n) is 4.02. The molecule has 0 saturated carbocycles. The number of nitrogens with zero attached hydrogens (tertiary/aromatic N) is 1. The fourth-order valence-corrected chi connectivity index (χ4v) is 1.29. The lowest BCUT2D eigenvalue weighted by Crippen LogP contribution is -2.46. The summed E-state index contributed by atoms with van der Waals surface area (Å²) in [5.74, 6) is 0. The summed E-state index contributed by atoms with van der Waals surface area (Å²) in [7, 11) is -6.64. The first-order chi connectivity index (χ1) is 6.47. The van der Waals surface area contributed by atoms with Crippen LogP contribution in [-0.4, -0.2) is 53.4 Å². The van der Waals surface area contributed by atoms with Gasteiger partial charge in [0.2, 0.25) is 0 Å². The van der Waals surface area contributed by atoms with E-state index in [2.05, 4.69) is 9.76 Å². The summed E-state index contributed by atoms with van der Waals surface area (Å²) >= 11 is 0. The van der Waals surface area contributed by atoms with Gasteiger partial charge in [-0.05, 0) is 0 Å². The van der Waals surface area contributed by atoms with E-state index in [1.807, 2.05) is 0 Å². The second-order valence-corrected chi connectivity index (χ2v) is 3.88. The molecule has 0 unspecified atom stereocenters. The lowest BCUT2D eigenvalue weighted by molar-refractivity contribution is -0.100. The van der Waals surface area contributed by atoms with E-state index >= 15 is 0 Å². The standard InChI is InChI=1S/C4H12BN2O6P/c8-5(13-14(9,10)11)12-7-3-1-6-2-4-7/h6,8H,1-4H2,(H2,9,10,11). The van der Waals surface area contributed by atoms with Gasteiger partial charge in [-0.1, -0.05) is 0 Å². The molecule has 0 amide bonds. The van der Waals surface area contributed by atoms with Gasteiger partial charge in [0, 0.05) is 26.2 Å². The van der Waals surface area contributed by atoms with Crippen LogP contribution in [0.25, 0.3) is 0 Å². The second kappa shape index (κ2) is 5.20. The van der Waals surface area contributed by atoms with E-state index in [9.17, 15) is 4.57 Å². The van der Waals surface area contributed by atoms with Crippen LogP contribution in [0, 0.1) is 0 Å². The van der Waals surface area contributed by atoms with E-state index in [-0.39, 0.29) is 0 Å². The minimum absolute atomic E-state index is 0.515. The zero-order valence-corrected chi connectivity index (χ0v) is 8.26. The largest absolute Gasteiger partial charge is 0.663 e. The molecule has 1 rings (SSSR count). The summed E-state index contributed by atoms with van der Waals surface area (Å²) in [6.45, 7) is 2.40. The van der Waals surface area contributed by atoms with Crippen LogP contribution in [0.2, 0.25) is 0 Å². The van der Waals surface area contributed by atoms with Gasteiger partial charge in [-0.15, -0.1) is 0 Å². The highest BCUT2D eigenvalue weighted by molar-refractivity contribution is 7.47. The van der Waals surface area contributed by atoms with Crippen LogP contribution in [0.3, 0.4) is 0 Å². The lowest BCUT2D eigenvalue weighted by atomic mass is 10.3. The van der Waals surface area contributed by atoms with Crippen molar-refractivity contribution in [1.82, 2.24) is 10.4 Å². The third kappa shape index (κ3) is 5.04. The summed E-state index contributed by atoms with van der Waals surface area (Å²) in [6.07, 6.45) is 0. The maximum Gasteiger partial charge on any atom is 0.663 e. The van der Waals surface area contributed by atoms with Crippen molar-refractivity contribution in [3.8, 4) is 0 Å². The zero-order chi connectivity index (χ0) is 10.6. The van der Waals surface area contributed by atoms with Crippen LogP contribution in [-0.2, 0) is 13.8 Å². The predicted octanol–water partition coefficient (Wildman–Crippen LogP) is -2.09. The first kappa shape index (κ1) is 12.1. The number of rotatable bonds is 4. The smallest absolute Gasteiger partial charge is 0.400 e. The fraction of sp³-hybridized carbons (Fsp3) is 1.00. The minimum atomic E-state index is -4.71. The molecule has 4 N–H and O–H groups in total. The Hall–Kier alpha value is 0.0149. The monoisotopic (exact) mass is 226 g/mol. The molecule has 0 aliphatic carbocycles. The fourth-order valence-electron chi connectivity index (χ4n) is 1.01. The Labute approximate surface area is 81.2 Å². The molecule has 0 aromatic carbocycles. The van der Waals surface area contributed by atoms with Gasteiger partial charge in [0.05, 0.1) is 0 Å². The van der Waals surface area contributed by atoms with Crippen molar-refractivity contribution in [2.45, 2.75) is 0 Å². The summed E-state index contributed by atoms with van der Waals surface area (Å²) < 4.78 is 18.9. The Morgan fingerprint density at radius 1 is 1.36 bits per heavy atom. The van der Waals surface area contributed by atoms with Crippen molar-refractivity contribution in [2.75, 3.05) is 26.2 Å². The Balaban J connectivity index is 2.25. The van der Waals surface area contributed by atoms with E-state index in [0.29, 0.717) is 26.2 Å². The highest BCUT2D eigenvalue weighted by Crippen LogP contribution is 2.36. The molecule has 10 heteroatoms. The summed E-state index contributed by atoms with van der Waals surface area (Å²) in [5.41, 5.74) is 0. The molecular weight excluding hydrogens is 214 g/mol. The lowest BCUT2D eigenvalue weighted by Gasteiger charge is -2.27. The maximum absolute atomic E-state index is 10.3. The van der Waals surface area contributed by atoms with E-state index in [0.717, 1.165) is 0 Å². The molecule has 1 heterocycles. The van der Waals surface area contributed by atoms with Gasteiger partial charge in [-0.3, -0.25) is 9.20 Å². The maximum atomic E-state index is 10.3. The van der Waals surface area contributed by atoms with Crippen LogP contribution >= 0.6 is 7.82 Å².